The molecular formula is C15H18BrN4. The largest absolute Gasteiger partial charge is 0.310 e. The lowest BCUT2D eigenvalue weighted by molar-refractivity contribution is 0.341. The van der Waals surface area contributed by atoms with E-state index in [4.69, 9.17) is 0 Å². The van der Waals surface area contributed by atoms with E-state index in [-0.39, 0.29) is 0 Å². The Kier molecular flexibility index (Phi) is 4.08. The first-order valence-corrected chi connectivity index (χ1v) is 7.70. The molecule has 2 unspecified atom stereocenters. The fourth-order valence-electron chi connectivity index (χ4n) is 2.53. The number of nitrogens with one attached hydrogen (secondary N) is 1. The summed E-state index contributed by atoms with van der Waals surface area (Å²) in [6, 6.07) is 10.6. The Balaban J connectivity index is 1.57. The van der Waals surface area contributed by atoms with Crippen LogP contribution in [0.15, 0.2) is 41.0 Å². The molecule has 0 fully saturated rings. The Hall–Kier alpha value is -1.33. The number of hydrogen-bond acceptors (Lipinski definition) is 2. The Morgan fingerprint density at radius 1 is 1.40 bits per heavy atom. The fourth-order valence-corrected chi connectivity index (χ4v) is 3.16. The second kappa shape index (κ2) is 5.97. The number of rotatable bonds is 4. The molecule has 1 radical (unpaired) electrons. The summed E-state index contributed by atoms with van der Waals surface area (Å²) in [6.07, 6.45) is 1.82. The monoisotopic (exact) mass is 333 g/mol. The Morgan fingerprint density at radius 2 is 2.25 bits per heavy atom. The van der Waals surface area contributed by atoms with Gasteiger partial charge in [0.05, 0.1) is 6.20 Å². The fraction of sp³-hybridized carbons (Fsp3) is 0.400. The lowest BCUT2D eigenvalue weighted by atomic mass is 10.1. The zero-order valence-corrected chi connectivity index (χ0v) is 13.0. The molecule has 4 nitrogen and oxygen atoms in total. The smallest absolute Gasteiger partial charge is 0.145 e. The van der Waals surface area contributed by atoms with Gasteiger partial charge in [0.1, 0.15) is 5.82 Å². The first-order chi connectivity index (χ1) is 9.74. The molecule has 3 rings (SSSR count). The quantitative estimate of drug-likeness (QED) is 0.934. The summed E-state index contributed by atoms with van der Waals surface area (Å²) >= 11 is 3.61. The summed E-state index contributed by atoms with van der Waals surface area (Å²) in [5.74, 6) is 1.51. The van der Waals surface area contributed by atoms with E-state index in [1.807, 2.05) is 23.0 Å². The summed E-state index contributed by atoms with van der Waals surface area (Å²) in [6.45, 7) is 4.97. The molecule has 1 aromatic carbocycles. The van der Waals surface area contributed by atoms with Gasteiger partial charge < -0.3 is 5.32 Å². The molecule has 1 aliphatic heterocycles. The predicted molar refractivity (Wildman–Crippen MR) is 82.9 cm³/mol. The lowest BCUT2D eigenvalue weighted by Gasteiger charge is -2.25. The van der Waals surface area contributed by atoms with Crippen molar-refractivity contribution in [1.29, 1.82) is 0 Å². The van der Waals surface area contributed by atoms with Gasteiger partial charge in [-0.1, -0.05) is 34.1 Å². The van der Waals surface area contributed by atoms with E-state index in [0.29, 0.717) is 12.0 Å². The highest BCUT2D eigenvalue weighted by atomic mass is 79.9. The molecule has 1 N–H and O–H groups in total. The molecule has 2 heterocycles. The van der Waals surface area contributed by atoms with Crippen LogP contribution in [0.2, 0.25) is 0 Å². The Bertz CT molecular complexity index is 581. The van der Waals surface area contributed by atoms with Crippen LogP contribution in [-0.2, 0) is 6.54 Å². The van der Waals surface area contributed by atoms with E-state index >= 15 is 0 Å². The van der Waals surface area contributed by atoms with Crippen LogP contribution in [-0.4, -0.2) is 22.9 Å². The maximum atomic E-state index is 4.55. The molecule has 0 aliphatic carbocycles. The molecular weight excluding hydrogens is 316 g/mol. The summed E-state index contributed by atoms with van der Waals surface area (Å²) in [7, 11) is 0. The van der Waals surface area contributed by atoms with E-state index in [9.17, 15) is 0 Å². The highest BCUT2D eigenvalue weighted by molar-refractivity contribution is 9.10. The number of benzene rings is 1. The van der Waals surface area contributed by atoms with Gasteiger partial charge >= 0.3 is 0 Å². The normalized spacial score (nSPS) is 19.2. The third kappa shape index (κ3) is 2.88. The third-order valence-corrected chi connectivity index (χ3v) is 4.44. The number of nitrogens with zero attached hydrogens (tertiary/aromatic N) is 3. The van der Waals surface area contributed by atoms with Crippen LogP contribution < -0.4 is 10.6 Å². The second-order valence-corrected chi connectivity index (χ2v) is 6.08. The van der Waals surface area contributed by atoms with E-state index in [0.717, 1.165) is 29.9 Å². The average Bonchev–Trinajstić information content (AvgIpc) is 2.92. The molecule has 0 amide bonds. The molecule has 0 spiro atoms. The van der Waals surface area contributed by atoms with Crippen molar-refractivity contribution in [2.45, 2.75) is 19.5 Å². The van der Waals surface area contributed by atoms with Crippen molar-refractivity contribution < 1.29 is 0 Å². The minimum absolute atomic E-state index is 0.324. The van der Waals surface area contributed by atoms with Gasteiger partial charge in [0.25, 0.3) is 0 Å². The highest BCUT2D eigenvalue weighted by Crippen LogP contribution is 2.23. The Labute approximate surface area is 127 Å². The number of hydrogen-bond donors (Lipinski definition) is 1. The van der Waals surface area contributed by atoms with Crippen molar-refractivity contribution in [2.24, 2.45) is 5.92 Å². The number of fused-ring (bicyclic) bond motifs is 1. The van der Waals surface area contributed by atoms with Gasteiger partial charge in [-0.05, 0) is 18.6 Å². The van der Waals surface area contributed by atoms with Gasteiger partial charge in [0.15, 0.2) is 0 Å². The molecule has 1 aliphatic rings. The third-order valence-electron chi connectivity index (χ3n) is 3.72. The molecule has 20 heavy (non-hydrogen) atoms. The highest BCUT2D eigenvalue weighted by Gasteiger charge is 2.20. The Morgan fingerprint density at radius 3 is 3.10 bits per heavy atom. The maximum Gasteiger partial charge on any atom is 0.145 e. The van der Waals surface area contributed by atoms with Gasteiger partial charge in [-0.3, -0.25) is 5.32 Å². The molecule has 5 heteroatoms. The number of halogens is 1. The SMILES string of the molecule is CC(NCC1C[N]c2ccnn2C1)c1ccccc1Br. The average molecular weight is 334 g/mol. The van der Waals surface area contributed by atoms with E-state index in [1.54, 1.807) is 0 Å². The van der Waals surface area contributed by atoms with Crippen molar-refractivity contribution in [2.75, 3.05) is 13.1 Å². The summed E-state index contributed by atoms with van der Waals surface area (Å²) < 4.78 is 3.14. The summed E-state index contributed by atoms with van der Waals surface area (Å²) in [4.78, 5) is 0. The molecule has 0 saturated heterocycles. The van der Waals surface area contributed by atoms with Crippen molar-refractivity contribution in [1.82, 2.24) is 20.4 Å². The van der Waals surface area contributed by atoms with Crippen molar-refractivity contribution >= 4 is 21.7 Å². The molecule has 2 aromatic rings. The van der Waals surface area contributed by atoms with Gasteiger partial charge in [0, 0.05) is 42.1 Å². The molecule has 0 saturated carbocycles. The lowest BCUT2D eigenvalue weighted by Crippen LogP contribution is -2.36. The standard InChI is InChI=1S/C15H18BrN4/c1-11(13-4-2-3-5-14(13)16)17-8-12-9-18-15-6-7-19-20(15)10-12/h2-7,11-12,17H,8-10H2,1H3. The minimum Gasteiger partial charge on any atom is -0.310 e. The van der Waals surface area contributed by atoms with Crippen molar-refractivity contribution in [3.63, 3.8) is 0 Å². The second-order valence-electron chi connectivity index (χ2n) is 5.23. The van der Waals surface area contributed by atoms with Crippen LogP contribution in [0.5, 0.6) is 0 Å². The van der Waals surface area contributed by atoms with Crippen LogP contribution >= 0.6 is 15.9 Å². The predicted octanol–water partition coefficient (Wildman–Crippen LogP) is 2.86. The molecule has 1 aromatic heterocycles. The van der Waals surface area contributed by atoms with Crippen molar-refractivity contribution in [3.8, 4) is 0 Å². The van der Waals surface area contributed by atoms with Crippen molar-refractivity contribution in [3.05, 3.63) is 46.6 Å². The molecule has 0 bridgehead atoms. The van der Waals surface area contributed by atoms with Gasteiger partial charge in [0.2, 0.25) is 0 Å². The van der Waals surface area contributed by atoms with E-state index in [2.05, 4.69) is 56.8 Å². The van der Waals surface area contributed by atoms with E-state index < -0.39 is 0 Å². The maximum absolute atomic E-state index is 4.55. The van der Waals surface area contributed by atoms with Crippen LogP contribution in [0.3, 0.4) is 0 Å². The summed E-state index contributed by atoms with van der Waals surface area (Å²) in [5, 5.41) is 12.4. The van der Waals surface area contributed by atoms with Gasteiger partial charge in [-0.15, -0.1) is 0 Å². The minimum atomic E-state index is 0.324. The van der Waals surface area contributed by atoms with Crippen LogP contribution in [0.25, 0.3) is 0 Å². The zero-order valence-electron chi connectivity index (χ0n) is 11.5. The molecule has 2 atom stereocenters. The first kappa shape index (κ1) is 13.6. The first-order valence-electron chi connectivity index (χ1n) is 6.91. The number of aromatic nitrogens is 2. The van der Waals surface area contributed by atoms with Gasteiger partial charge in [-0.2, -0.15) is 5.10 Å². The van der Waals surface area contributed by atoms with Crippen LogP contribution in [0.4, 0.5) is 5.82 Å². The van der Waals surface area contributed by atoms with Crippen LogP contribution in [0, 0.1) is 5.92 Å². The molecule has 105 valence electrons. The topological polar surface area (TPSA) is 44.0 Å². The van der Waals surface area contributed by atoms with Crippen LogP contribution in [0.1, 0.15) is 18.5 Å². The summed E-state index contributed by atoms with van der Waals surface area (Å²) in [5.41, 5.74) is 1.29. The van der Waals surface area contributed by atoms with E-state index in [1.165, 1.54) is 5.56 Å². The zero-order chi connectivity index (χ0) is 13.9. The van der Waals surface area contributed by atoms with Gasteiger partial charge in [-0.25, -0.2) is 4.68 Å².